The van der Waals surface area contributed by atoms with Gasteiger partial charge in [-0.2, -0.15) is 0 Å². The minimum atomic E-state index is -0.184. The summed E-state index contributed by atoms with van der Waals surface area (Å²) in [7, 11) is 6.00. The summed E-state index contributed by atoms with van der Waals surface area (Å²) in [5.41, 5.74) is 8.22. The number of nitrogens with two attached hydrogens (primary N) is 1. The second-order valence-electron chi connectivity index (χ2n) is 5.47. The van der Waals surface area contributed by atoms with Crippen molar-refractivity contribution in [3.63, 3.8) is 0 Å². The Kier molecular flexibility index (Phi) is 5.98. The predicted molar refractivity (Wildman–Crippen MR) is 84.9 cm³/mol. The molecule has 0 spiro atoms. The molecule has 0 fully saturated rings. The summed E-state index contributed by atoms with van der Waals surface area (Å²) >= 11 is 0. The first-order valence-corrected chi connectivity index (χ1v) is 6.84. The first-order chi connectivity index (χ1) is 9.32. The number of nitrogen functional groups attached to an aromatic ring is 1. The number of carbonyl (C=O) groups is 1. The average Bonchev–Trinajstić information content (AvgIpc) is 2.40. The molecule has 5 nitrogen and oxygen atoms in total. The van der Waals surface area contributed by atoms with Crippen molar-refractivity contribution in [2.75, 3.05) is 45.3 Å². The Morgan fingerprint density at radius 1 is 1.30 bits per heavy atom. The lowest BCUT2D eigenvalue weighted by Gasteiger charge is -2.25. The van der Waals surface area contributed by atoms with Crippen molar-refractivity contribution in [2.24, 2.45) is 0 Å². The van der Waals surface area contributed by atoms with Crippen LogP contribution in [0.4, 0.5) is 11.4 Å². The molecule has 0 saturated carbocycles. The van der Waals surface area contributed by atoms with E-state index in [1.54, 1.807) is 0 Å². The fourth-order valence-corrected chi connectivity index (χ4v) is 1.78. The highest BCUT2D eigenvalue weighted by Crippen LogP contribution is 2.20. The van der Waals surface area contributed by atoms with Crippen LogP contribution in [0.25, 0.3) is 0 Å². The summed E-state index contributed by atoms with van der Waals surface area (Å²) in [4.78, 5) is 16.4. The molecule has 0 aliphatic carbocycles. The Balaban J connectivity index is 2.63. The summed E-state index contributed by atoms with van der Waals surface area (Å²) in [5, 5.41) is 2.95. The van der Waals surface area contributed by atoms with Gasteiger partial charge in [-0.15, -0.1) is 0 Å². The number of nitrogens with zero attached hydrogens (tertiary/aromatic N) is 2. The topological polar surface area (TPSA) is 61.6 Å². The van der Waals surface area contributed by atoms with E-state index in [0.717, 1.165) is 24.3 Å². The summed E-state index contributed by atoms with van der Waals surface area (Å²) in [6.45, 7) is 5.58. The van der Waals surface area contributed by atoms with Crippen LogP contribution in [-0.4, -0.2) is 56.0 Å². The van der Waals surface area contributed by atoms with Crippen molar-refractivity contribution >= 4 is 17.3 Å². The Bertz CT molecular complexity index is 459. The minimum Gasteiger partial charge on any atom is -0.398 e. The van der Waals surface area contributed by atoms with Crippen molar-refractivity contribution in [1.29, 1.82) is 0 Å². The lowest BCUT2D eigenvalue weighted by Crippen LogP contribution is -2.42. The van der Waals surface area contributed by atoms with Crippen LogP contribution in [0.15, 0.2) is 18.2 Å². The number of nitrogens with one attached hydrogen (secondary N) is 1. The van der Waals surface area contributed by atoms with Gasteiger partial charge in [-0.25, -0.2) is 0 Å². The third-order valence-electron chi connectivity index (χ3n) is 3.57. The van der Waals surface area contributed by atoms with Gasteiger partial charge in [0, 0.05) is 24.5 Å². The van der Waals surface area contributed by atoms with E-state index >= 15 is 0 Å². The molecule has 0 aliphatic heterocycles. The Hall–Kier alpha value is -1.59. The molecular formula is C15H26N4O. The van der Waals surface area contributed by atoms with E-state index in [0.29, 0.717) is 5.69 Å². The van der Waals surface area contributed by atoms with Gasteiger partial charge in [-0.3, -0.25) is 9.69 Å². The molecular weight excluding hydrogens is 252 g/mol. The van der Waals surface area contributed by atoms with Crippen LogP contribution >= 0.6 is 0 Å². The van der Waals surface area contributed by atoms with E-state index in [1.165, 1.54) is 0 Å². The molecule has 5 heteroatoms. The van der Waals surface area contributed by atoms with E-state index in [4.69, 9.17) is 5.73 Å². The van der Waals surface area contributed by atoms with E-state index in [1.807, 2.05) is 58.1 Å². The number of amides is 1. The molecule has 1 amide bonds. The van der Waals surface area contributed by atoms with Crippen molar-refractivity contribution < 1.29 is 4.79 Å². The Morgan fingerprint density at radius 2 is 1.95 bits per heavy atom. The van der Waals surface area contributed by atoms with Gasteiger partial charge in [0.2, 0.25) is 5.91 Å². The maximum absolute atomic E-state index is 12.3. The predicted octanol–water partition coefficient (Wildman–Crippen LogP) is 1.40. The fourth-order valence-electron chi connectivity index (χ4n) is 1.78. The molecule has 20 heavy (non-hydrogen) atoms. The average molecular weight is 278 g/mol. The van der Waals surface area contributed by atoms with Gasteiger partial charge in [0.15, 0.2) is 0 Å². The molecule has 0 radical (unpaired) electrons. The number of likely N-dealkylation sites (N-methyl/N-ethyl adjacent to an activating group) is 2. The first-order valence-electron chi connectivity index (χ1n) is 6.84. The highest BCUT2D eigenvalue weighted by Gasteiger charge is 2.18. The summed E-state index contributed by atoms with van der Waals surface area (Å²) < 4.78 is 0. The molecule has 0 saturated heterocycles. The highest BCUT2D eigenvalue weighted by molar-refractivity contribution is 5.95. The second-order valence-corrected chi connectivity index (χ2v) is 5.47. The van der Waals surface area contributed by atoms with Gasteiger partial charge in [-0.1, -0.05) is 6.07 Å². The second kappa shape index (κ2) is 7.26. The van der Waals surface area contributed by atoms with E-state index in [2.05, 4.69) is 10.2 Å². The largest absolute Gasteiger partial charge is 0.398 e. The van der Waals surface area contributed by atoms with Gasteiger partial charge in [0.25, 0.3) is 0 Å². The van der Waals surface area contributed by atoms with Crippen LogP contribution in [0.5, 0.6) is 0 Å². The summed E-state index contributed by atoms with van der Waals surface area (Å²) in [5.74, 6) is -0.0139. The molecule has 3 N–H and O–H groups in total. The van der Waals surface area contributed by atoms with Crippen molar-refractivity contribution in [1.82, 2.24) is 9.80 Å². The van der Waals surface area contributed by atoms with Gasteiger partial charge < -0.3 is 16.0 Å². The molecule has 1 unspecified atom stereocenters. The molecule has 0 aliphatic rings. The maximum atomic E-state index is 12.3. The number of hydrogen-bond acceptors (Lipinski definition) is 4. The van der Waals surface area contributed by atoms with Gasteiger partial charge in [-0.05, 0) is 52.7 Å². The van der Waals surface area contributed by atoms with Crippen LogP contribution in [0.1, 0.15) is 12.5 Å². The number of benzene rings is 1. The molecule has 0 heterocycles. The molecule has 0 aromatic heterocycles. The summed E-state index contributed by atoms with van der Waals surface area (Å²) in [6.07, 6.45) is 0. The van der Waals surface area contributed by atoms with E-state index in [9.17, 15) is 4.79 Å². The molecule has 1 rings (SSSR count). The molecule has 0 bridgehead atoms. The zero-order valence-electron chi connectivity index (χ0n) is 13.1. The van der Waals surface area contributed by atoms with Gasteiger partial charge >= 0.3 is 0 Å². The summed E-state index contributed by atoms with van der Waals surface area (Å²) in [6, 6.07) is 5.36. The van der Waals surface area contributed by atoms with Crippen molar-refractivity contribution in [3.8, 4) is 0 Å². The quantitative estimate of drug-likeness (QED) is 0.772. The number of carbonyl (C=O) groups excluding carboxylic acids is 1. The smallest absolute Gasteiger partial charge is 0.241 e. The number of anilines is 2. The third kappa shape index (κ3) is 4.51. The monoisotopic (exact) mass is 278 g/mol. The normalized spacial score (nSPS) is 12.8. The maximum Gasteiger partial charge on any atom is 0.241 e. The third-order valence-corrected chi connectivity index (χ3v) is 3.57. The van der Waals surface area contributed by atoms with Crippen LogP contribution in [0, 0.1) is 6.92 Å². The van der Waals surface area contributed by atoms with Crippen LogP contribution in [0.2, 0.25) is 0 Å². The van der Waals surface area contributed by atoms with Crippen LogP contribution in [-0.2, 0) is 4.79 Å². The Morgan fingerprint density at radius 3 is 2.55 bits per heavy atom. The standard InChI is InChI=1S/C15H26N4O/c1-11-13(16)7-6-8-14(11)17-15(20)12(2)19(5)10-9-18(3)4/h6-8,12H,9-10,16H2,1-5H3,(H,17,20). The number of hydrogen-bond donors (Lipinski definition) is 2. The lowest BCUT2D eigenvalue weighted by molar-refractivity contribution is -0.120. The molecule has 1 atom stereocenters. The molecule has 1 aromatic carbocycles. The fraction of sp³-hybridized carbons (Fsp3) is 0.533. The van der Waals surface area contributed by atoms with E-state index in [-0.39, 0.29) is 11.9 Å². The zero-order chi connectivity index (χ0) is 15.3. The molecule has 112 valence electrons. The van der Waals surface area contributed by atoms with Gasteiger partial charge in [0.1, 0.15) is 0 Å². The van der Waals surface area contributed by atoms with Crippen molar-refractivity contribution in [3.05, 3.63) is 23.8 Å². The van der Waals surface area contributed by atoms with Crippen LogP contribution < -0.4 is 11.1 Å². The van der Waals surface area contributed by atoms with Crippen LogP contribution in [0.3, 0.4) is 0 Å². The zero-order valence-corrected chi connectivity index (χ0v) is 13.1. The van der Waals surface area contributed by atoms with Crippen molar-refractivity contribution in [2.45, 2.75) is 19.9 Å². The molecule has 1 aromatic rings. The minimum absolute atomic E-state index is 0.0139. The van der Waals surface area contributed by atoms with Gasteiger partial charge in [0.05, 0.1) is 6.04 Å². The lowest BCUT2D eigenvalue weighted by atomic mass is 10.1. The Labute approximate surface area is 121 Å². The number of rotatable bonds is 6. The van der Waals surface area contributed by atoms with E-state index < -0.39 is 0 Å². The first kappa shape index (κ1) is 16.5. The highest BCUT2D eigenvalue weighted by atomic mass is 16.2. The SMILES string of the molecule is Cc1c(N)cccc1NC(=O)C(C)N(C)CCN(C)C.